The number of carbonyl (C=O) groups excluding carboxylic acids is 1. The summed E-state index contributed by atoms with van der Waals surface area (Å²) in [5.41, 5.74) is -0.807. The average Bonchev–Trinajstić information content (AvgIpc) is 2.49. The Morgan fingerprint density at radius 3 is 2.29 bits per heavy atom. The van der Waals surface area contributed by atoms with Gasteiger partial charge in [0.05, 0.1) is 5.41 Å². The van der Waals surface area contributed by atoms with Crippen molar-refractivity contribution >= 4 is 11.9 Å². The monoisotopic (exact) mass is 297 g/mol. The normalized spacial score (nSPS) is 16.7. The number of carboxylic acids is 1. The van der Waals surface area contributed by atoms with Crippen LogP contribution >= 0.6 is 0 Å². The summed E-state index contributed by atoms with van der Waals surface area (Å²) < 4.78 is 0. The summed E-state index contributed by atoms with van der Waals surface area (Å²) in [4.78, 5) is 23.2. The van der Waals surface area contributed by atoms with Crippen LogP contribution in [-0.4, -0.2) is 23.5 Å². The van der Waals surface area contributed by atoms with Crippen LogP contribution < -0.4 is 5.32 Å². The highest BCUT2D eigenvalue weighted by molar-refractivity contribution is 5.79. The average molecular weight is 297 g/mol. The van der Waals surface area contributed by atoms with Gasteiger partial charge in [-0.25, -0.2) is 0 Å². The Hall–Kier alpha value is -1.06. The van der Waals surface area contributed by atoms with Crippen LogP contribution in [0.3, 0.4) is 0 Å². The maximum atomic E-state index is 11.9. The van der Waals surface area contributed by atoms with Gasteiger partial charge in [-0.2, -0.15) is 0 Å². The van der Waals surface area contributed by atoms with Crippen molar-refractivity contribution in [2.75, 3.05) is 6.54 Å². The SMILES string of the molecule is CCC(CC)(CNC(=O)CCCC1CCCCC1)C(=O)O. The molecule has 0 spiro atoms. The van der Waals surface area contributed by atoms with Crippen molar-refractivity contribution in [2.24, 2.45) is 11.3 Å². The van der Waals surface area contributed by atoms with Crippen molar-refractivity contribution in [2.45, 2.75) is 78.1 Å². The molecule has 1 aliphatic carbocycles. The maximum Gasteiger partial charge on any atom is 0.311 e. The van der Waals surface area contributed by atoms with E-state index >= 15 is 0 Å². The zero-order chi connectivity index (χ0) is 15.7. The fourth-order valence-corrected chi connectivity index (χ4v) is 3.26. The van der Waals surface area contributed by atoms with Gasteiger partial charge in [0.2, 0.25) is 5.91 Å². The zero-order valence-electron chi connectivity index (χ0n) is 13.6. The molecule has 1 amide bonds. The third kappa shape index (κ3) is 5.68. The fourth-order valence-electron chi connectivity index (χ4n) is 3.26. The first-order chi connectivity index (χ1) is 10.0. The quantitative estimate of drug-likeness (QED) is 0.681. The molecule has 0 aliphatic heterocycles. The number of aliphatic carboxylic acids is 1. The summed E-state index contributed by atoms with van der Waals surface area (Å²) >= 11 is 0. The summed E-state index contributed by atoms with van der Waals surface area (Å²) in [7, 11) is 0. The number of rotatable bonds is 9. The van der Waals surface area contributed by atoms with Crippen LogP contribution in [-0.2, 0) is 9.59 Å². The Morgan fingerprint density at radius 2 is 1.76 bits per heavy atom. The van der Waals surface area contributed by atoms with Gasteiger partial charge in [0.1, 0.15) is 0 Å². The molecule has 1 aliphatic rings. The second-order valence-corrected chi connectivity index (χ2v) is 6.47. The lowest BCUT2D eigenvalue weighted by Crippen LogP contribution is -2.42. The van der Waals surface area contributed by atoms with Crippen molar-refractivity contribution in [3.8, 4) is 0 Å². The van der Waals surface area contributed by atoms with Gasteiger partial charge in [0, 0.05) is 13.0 Å². The van der Waals surface area contributed by atoms with Crippen LogP contribution in [0.4, 0.5) is 0 Å². The Morgan fingerprint density at radius 1 is 1.14 bits per heavy atom. The van der Waals surface area contributed by atoms with Crippen LogP contribution in [0.25, 0.3) is 0 Å². The smallest absolute Gasteiger partial charge is 0.311 e. The van der Waals surface area contributed by atoms with E-state index in [1.165, 1.54) is 32.1 Å². The fraction of sp³-hybridized carbons (Fsp3) is 0.882. The van der Waals surface area contributed by atoms with E-state index < -0.39 is 11.4 Å². The van der Waals surface area contributed by atoms with E-state index in [0.29, 0.717) is 19.3 Å². The second-order valence-electron chi connectivity index (χ2n) is 6.47. The van der Waals surface area contributed by atoms with E-state index in [0.717, 1.165) is 18.8 Å². The number of hydrogen-bond acceptors (Lipinski definition) is 2. The molecule has 0 unspecified atom stereocenters. The molecule has 0 radical (unpaired) electrons. The molecule has 1 fully saturated rings. The van der Waals surface area contributed by atoms with Gasteiger partial charge in [-0.3, -0.25) is 9.59 Å². The zero-order valence-corrected chi connectivity index (χ0v) is 13.6. The van der Waals surface area contributed by atoms with Crippen molar-refractivity contribution < 1.29 is 14.7 Å². The van der Waals surface area contributed by atoms with E-state index in [4.69, 9.17) is 0 Å². The first kappa shape index (κ1) is 18.0. The van der Waals surface area contributed by atoms with Gasteiger partial charge < -0.3 is 10.4 Å². The van der Waals surface area contributed by atoms with Gasteiger partial charge >= 0.3 is 5.97 Å². The largest absolute Gasteiger partial charge is 0.481 e. The highest BCUT2D eigenvalue weighted by atomic mass is 16.4. The topological polar surface area (TPSA) is 66.4 Å². The molecule has 4 nitrogen and oxygen atoms in total. The van der Waals surface area contributed by atoms with E-state index in [1.807, 2.05) is 13.8 Å². The lowest BCUT2D eigenvalue weighted by Gasteiger charge is -2.27. The first-order valence-electron chi connectivity index (χ1n) is 8.54. The molecule has 1 rings (SSSR count). The Balaban J connectivity index is 2.24. The van der Waals surface area contributed by atoms with Crippen molar-refractivity contribution in [1.82, 2.24) is 5.32 Å². The van der Waals surface area contributed by atoms with E-state index in [9.17, 15) is 14.7 Å². The molecular formula is C17H31NO3. The molecule has 0 heterocycles. The molecule has 0 aromatic rings. The molecule has 21 heavy (non-hydrogen) atoms. The molecule has 122 valence electrons. The second kappa shape index (κ2) is 9.06. The highest BCUT2D eigenvalue weighted by Crippen LogP contribution is 2.28. The molecule has 2 N–H and O–H groups in total. The lowest BCUT2D eigenvalue weighted by molar-refractivity contribution is -0.149. The van der Waals surface area contributed by atoms with Gasteiger partial charge in [-0.15, -0.1) is 0 Å². The molecule has 0 bridgehead atoms. The van der Waals surface area contributed by atoms with Crippen molar-refractivity contribution in [1.29, 1.82) is 0 Å². The number of amides is 1. The standard InChI is InChI=1S/C17H31NO3/c1-3-17(4-2,16(20)21)13-18-15(19)12-8-11-14-9-6-5-7-10-14/h14H,3-13H2,1-2H3,(H,18,19)(H,20,21). The Labute approximate surface area is 128 Å². The summed E-state index contributed by atoms with van der Waals surface area (Å²) in [6.07, 6.45) is 10.3. The highest BCUT2D eigenvalue weighted by Gasteiger charge is 2.34. The summed E-state index contributed by atoms with van der Waals surface area (Å²) in [6, 6.07) is 0. The van der Waals surface area contributed by atoms with Gasteiger partial charge in [0.25, 0.3) is 0 Å². The molecule has 0 atom stereocenters. The third-order valence-electron chi connectivity index (χ3n) is 5.17. The minimum atomic E-state index is -0.810. The minimum Gasteiger partial charge on any atom is -0.481 e. The third-order valence-corrected chi connectivity index (χ3v) is 5.17. The van der Waals surface area contributed by atoms with E-state index in [1.54, 1.807) is 0 Å². The maximum absolute atomic E-state index is 11.9. The van der Waals surface area contributed by atoms with Crippen molar-refractivity contribution in [3.63, 3.8) is 0 Å². The predicted molar refractivity (Wildman–Crippen MR) is 84.1 cm³/mol. The number of carbonyl (C=O) groups is 2. The van der Waals surface area contributed by atoms with E-state index in [-0.39, 0.29) is 12.5 Å². The van der Waals surface area contributed by atoms with Crippen LogP contribution in [0.5, 0.6) is 0 Å². The van der Waals surface area contributed by atoms with Crippen LogP contribution in [0, 0.1) is 11.3 Å². The van der Waals surface area contributed by atoms with Gasteiger partial charge in [-0.1, -0.05) is 46.0 Å². The van der Waals surface area contributed by atoms with Crippen LogP contribution in [0.2, 0.25) is 0 Å². The van der Waals surface area contributed by atoms with E-state index in [2.05, 4.69) is 5.32 Å². The number of carboxylic acid groups (broad SMARTS) is 1. The van der Waals surface area contributed by atoms with Crippen LogP contribution in [0.1, 0.15) is 78.1 Å². The Bertz CT molecular complexity index is 331. The lowest BCUT2D eigenvalue weighted by atomic mass is 9.82. The van der Waals surface area contributed by atoms with Gasteiger partial charge in [0.15, 0.2) is 0 Å². The molecule has 4 heteroatoms. The Kier molecular flexibility index (Phi) is 7.76. The summed E-state index contributed by atoms with van der Waals surface area (Å²) in [6.45, 7) is 3.98. The minimum absolute atomic E-state index is 0.00154. The number of nitrogens with one attached hydrogen (secondary N) is 1. The van der Waals surface area contributed by atoms with Crippen LogP contribution in [0.15, 0.2) is 0 Å². The first-order valence-corrected chi connectivity index (χ1v) is 8.54. The molecular weight excluding hydrogens is 266 g/mol. The molecule has 0 saturated heterocycles. The van der Waals surface area contributed by atoms with Gasteiger partial charge in [-0.05, 0) is 31.6 Å². The molecule has 0 aromatic heterocycles. The van der Waals surface area contributed by atoms with Crippen molar-refractivity contribution in [3.05, 3.63) is 0 Å². The molecule has 1 saturated carbocycles. The summed E-state index contributed by atoms with van der Waals surface area (Å²) in [5.74, 6) is -0.00992. The molecule has 0 aromatic carbocycles. The summed E-state index contributed by atoms with van der Waals surface area (Å²) in [5, 5.41) is 12.2. The number of hydrogen-bond donors (Lipinski definition) is 2. The predicted octanol–water partition coefficient (Wildman–Crippen LogP) is 3.74.